The van der Waals surface area contributed by atoms with Gasteiger partial charge in [-0.25, -0.2) is 9.78 Å². The number of hydrogen-bond donors (Lipinski definition) is 3. The molecule has 4 rings (SSSR count). The molecule has 4 aromatic rings. The molecule has 0 aliphatic heterocycles. The number of hydrogen-bond acceptors (Lipinski definition) is 9. The van der Waals surface area contributed by atoms with Crippen molar-refractivity contribution in [2.75, 3.05) is 5.32 Å². The molecule has 0 saturated heterocycles. The van der Waals surface area contributed by atoms with Crippen LogP contribution < -0.4 is 16.2 Å². The summed E-state index contributed by atoms with van der Waals surface area (Å²) in [7, 11) is 0. The molecule has 0 fully saturated rings. The Bertz CT molecular complexity index is 1590. The lowest BCUT2D eigenvalue weighted by Gasteiger charge is -2.26. The molecule has 0 aliphatic rings. The zero-order valence-corrected chi connectivity index (χ0v) is 24.8. The van der Waals surface area contributed by atoms with Gasteiger partial charge in [-0.05, 0) is 11.5 Å². The van der Waals surface area contributed by atoms with Crippen LogP contribution in [0.15, 0.2) is 76.1 Å². The highest BCUT2D eigenvalue weighted by molar-refractivity contribution is 5.84. The molecule has 0 radical (unpaired) electrons. The Balaban J connectivity index is 1.56. The summed E-state index contributed by atoms with van der Waals surface area (Å²) in [6.07, 6.45) is -0.905. The highest BCUT2D eigenvalue weighted by atomic mass is 16.5. The fraction of sp³-hybridized carbons (Fsp3) is 0.355. The lowest BCUT2D eigenvalue weighted by molar-refractivity contribution is -0.124. The predicted octanol–water partition coefficient (Wildman–Crippen LogP) is 4.21. The van der Waals surface area contributed by atoms with Crippen molar-refractivity contribution in [2.45, 2.75) is 65.3 Å². The number of amides is 2. The third kappa shape index (κ3) is 7.92. The van der Waals surface area contributed by atoms with Crippen LogP contribution in [0.25, 0.3) is 11.4 Å². The van der Waals surface area contributed by atoms with E-state index in [2.05, 4.69) is 25.8 Å². The first-order valence-corrected chi connectivity index (χ1v) is 13.9. The normalized spacial score (nSPS) is 12.9. The Labute approximate surface area is 249 Å². The van der Waals surface area contributed by atoms with Crippen LogP contribution in [0.1, 0.15) is 58.1 Å². The topological polar surface area (TPSA) is 161 Å². The van der Waals surface area contributed by atoms with Crippen molar-refractivity contribution in [3.05, 3.63) is 94.6 Å². The quantitative estimate of drug-likeness (QED) is 0.246. The summed E-state index contributed by atoms with van der Waals surface area (Å²) < 4.78 is 12.1. The Kier molecular flexibility index (Phi) is 9.71. The van der Waals surface area contributed by atoms with Gasteiger partial charge in [0.05, 0.1) is 12.2 Å². The second-order valence-electron chi connectivity index (χ2n) is 11.4. The lowest BCUT2D eigenvalue weighted by atomic mass is 9.97. The van der Waals surface area contributed by atoms with E-state index in [-0.39, 0.29) is 29.9 Å². The average molecular weight is 589 g/mol. The second kappa shape index (κ2) is 13.4. The van der Waals surface area contributed by atoms with E-state index in [0.29, 0.717) is 11.5 Å². The molecule has 0 bridgehead atoms. The third-order valence-electron chi connectivity index (χ3n) is 6.55. The lowest BCUT2D eigenvalue weighted by Crippen LogP contribution is -2.45. The van der Waals surface area contributed by atoms with Crippen molar-refractivity contribution in [1.82, 2.24) is 25.1 Å². The minimum Gasteiger partial charge on any atom is -0.444 e. The molecule has 2 amide bonds. The second-order valence-corrected chi connectivity index (χ2v) is 11.4. The molecular weight excluding hydrogens is 552 g/mol. The first-order valence-electron chi connectivity index (χ1n) is 13.9. The van der Waals surface area contributed by atoms with Crippen LogP contribution >= 0.6 is 0 Å². The number of anilines is 1. The van der Waals surface area contributed by atoms with Gasteiger partial charge in [-0.15, -0.1) is 10.2 Å². The number of carbonyl (C=O) groups excluding carboxylic acids is 2. The van der Waals surface area contributed by atoms with Crippen LogP contribution in [0.3, 0.4) is 0 Å². The van der Waals surface area contributed by atoms with Crippen molar-refractivity contribution >= 4 is 17.7 Å². The van der Waals surface area contributed by atoms with Gasteiger partial charge in [0, 0.05) is 11.0 Å². The highest BCUT2D eigenvalue weighted by Gasteiger charge is 2.32. The van der Waals surface area contributed by atoms with Crippen molar-refractivity contribution in [3.8, 4) is 11.4 Å². The zero-order valence-electron chi connectivity index (χ0n) is 24.8. The standard InChI is InChI=1S/C31H36N6O6/c1-19(2)24(25(39)27-35-36-29(43-27)31(3,4)5)34-23(38)17-37-26(21-14-10-7-11-15-21)32-16-22(28(37)40)33-30(41)42-18-20-12-8-6-9-13-20/h6-16,19,24-25,39H,17-18H2,1-5H3,(H,33,41)(H,34,38)/t24-,25?/m1/s1. The first-order chi connectivity index (χ1) is 20.4. The van der Waals surface area contributed by atoms with Crippen LogP contribution in [0, 0.1) is 5.92 Å². The van der Waals surface area contributed by atoms with Crippen molar-refractivity contribution in [3.63, 3.8) is 0 Å². The minimum absolute atomic E-state index is 0.00893. The summed E-state index contributed by atoms with van der Waals surface area (Å²) in [5.41, 5.74) is 0.130. The van der Waals surface area contributed by atoms with Gasteiger partial charge in [-0.2, -0.15) is 0 Å². The summed E-state index contributed by atoms with van der Waals surface area (Å²) in [5.74, 6) is -0.254. The van der Waals surface area contributed by atoms with Gasteiger partial charge < -0.3 is 19.6 Å². The molecule has 12 nitrogen and oxygen atoms in total. The van der Waals surface area contributed by atoms with Crippen LogP contribution in [0.2, 0.25) is 0 Å². The number of ether oxygens (including phenoxy) is 1. The summed E-state index contributed by atoms with van der Waals surface area (Å²) in [4.78, 5) is 43.8. The highest BCUT2D eigenvalue weighted by Crippen LogP contribution is 2.26. The fourth-order valence-electron chi connectivity index (χ4n) is 4.21. The molecule has 226 valence electrons. The molecule has 3 N–H and O–H groups in total. The molecule has 43 heavy (non-hydrogen) atoms. The maximum Gasteiger partial charge on any atom is 0.412 e. The molecule has 2 aromatic carbocycles. The minimum atomic E-state index is -1.29. The van der Waals surface area contributed by atoms with Gasteiger partial charge >= 0.3 is 6.09 Å². The van der Waals surface area contributed by atoms with Gasteiger partial charge in [-0.3, -0.25) is 19.5 Å². The number of aliphatic hydroxyl groups is 1. The average Bonchev–Trinajstić information content (AvgIpc) is 3.49. The SMILES string of the molecule is CC(C)[C@@H](NC(=O)Cn1c(-c2ccccc2)ncc(NC(=O)OCc2ccccc2)c1=O)C(O)c1nnc(C(C)(C)C)o1. The molecule has 2 aromatic heterocycles. The molecule has 0 saturated carbocycles. The number of aromatic nitrogens is 4. The van der Waals surface area contributed by atoms with Crippen LogP contribution in [0.5, 0.6) is 0 Å². The van der Waals surface area contributed by atoms with Gasteiger partial charge in [-0.1, -0.05) is 95.3 Å². The number of carbonyl (C=O) groups is 2. The van der Waals surface area contributed by atoms with E-state index in [4.69, 9.17) is 9.15 Å². The van der Waals surface area contributed by atoms with Crippen molar-refractivity contribution < 1.29 is 23.8 Å². The Hall–Kier alpha value is -4.84. The summed E-state index contributed by atoms with van der Waals surface area (Å²) in [5, 5.41) is 24.3. The maximum absolute atomic E-state index is 13.6. The van der Waals surface area contributed by atoms with E-state index in [9.17, 15) is 19.5 Å². The van der Waals surface area contributed by atoms with E-state index in [0.717, 1.165) is 10.1 Å². The van der Waals surface area contributed by atoms with Crippen molar-refractivity contribution in [1.29, 1.82) is 0 Å². The first kappa shape index (κ1) is 31.1. The molecule has 0 aliphatic carbocycles. The van der Waals surface area contributed by atoms with E-state index in [1.54, 1.807) is 36.4 Å². The van der Waals surface area contributed by atoms with Crippen LogP contribution in [-0.2, 0) is 28.1 Å². The van der Waals surface area contributed by atoms with E-state index < -0.39 is 41.7 Å². The Morgan fingerprint density at radius 2 is 1.67 bits per heavy atom. The van der Waals surface area contributed by atoms with Crippen LogP contribution in [0.4, 0.5) is 10.5 Å². The van der Waals surface area contributed by atoms with E-state index in [1.165, 1.54) is 6.20 Å². The van der Waals surface area contributed by atoms with Crippen molar-refractivity contribution in [2.24, 2.45) is 5.92 Å². The zero-order chi connectivity index (χ0) is 31.1. The predicted molar refractivity (Wildman–Crippen MR) is 159 cm³/mol. The van der Waals surface area contributed by atoms with Crippen LogP contribution in [-0.4, -0.2) is 42.9 Å². The number of aliphatic hydroxyl groups excluding tert-OH is 1. The summed E-state index contributed by atoms with van der Waals surface area (Å²) in [6.45, 7) is 8.92. The number of nitrogens with one attached hydrogen (secondary N) is 2. The molecule has 0 spiro atoms. The fourth-order valence-corrected chi connectivity index (χ4v) is 4.21. The van der Waals surface area contributed by atoms with E-state index in [1.807, 2.05) is 58.9 Å². The maximum atomic E-state index is 13.6. The summed E-state index contributed by atoms with van der Waals surface area (Å²) >= 11 is 0. The molecule has 2 heterocycles. The largest absolute Gasteiger partial charge is 0.444 e. The number of nitrogens with zero attached hydrogens (tertiary/aromatic N) is 4. The monoisotopic (exact) mass is 588 g/mol. The number of benzene rings is 2. The van der Waals surface area contributed by atoms with Gasteiger partial charge in [0.1, 0.15) is 24.7 Å². The number of rotatable bonds is 10. The summed E-state index contributed by atoms with van der Waals surface area (Å²) in [6, 6.07) is 17.2. The Morgan fingerprint density at radius 1 is 1.02 bits per heavy atom. The molecular formula is C31H36N6O6. The molecule has 12 heteroatoms. The van der Waals surface area contributed by atoms with E-state index >= 15 is 0 Å². The Morgan fingerprint density at radius 3 is 2.28 bits per heavy atom. The molecule has 2 atom stereocenters. The van der Waals surface area contributed by atoms with Gasteiger partial charge in [0.2, 0.25) is 17.7 Å². The van der Waals surface area contributed by atoms with Gasteiger partial charge in [0.25, 0.3) is 5.56 Å². The molecule has 1 unspecified atom stereocenters. The third-order valence-corrected chi connectivity index (χ3v) is 6.55. The smallest absolute Gasteiger partial charge is 0.412 e. The van der Waals surface area contributed by atoms with Gasteiger partial charge in [0.15, 0.2) is 6.10 Å².